The number of rotatable bonds is 5. The first kappa shape index (κ1) is 14.4. The van der Waals surface area contributed by atoms with E-state index in [1.165, 1.54) is 48.8 Å². The van der Waals surface area contributed by atoms with E-state index >= 15 is 0 Å². The quantitative estimate of drug-likeness (QED) is 0.839. The summed E-state index contributed by atoms with van der Waals surface area (Å²) in [5.41, 5.74) is 1.35. The average Bonchev–Trinajstić information content (AvgIpc) is 3.01. The van der Waals surface area contributed by atoms with E-state index in [-0.39, 0.29) is 0 Å². The van der Waals surface area contributed by atoms with Crippen LogP contribution in [0.4, 0.5) is 0 Å². The summed E-state index contributed by atoms with van der Waals surface area (Å²) in [5, 5.41) is 3.56. The summed E-state index contributed by atoms with van der Waals surface area (Å²) in [7, 11) is 0. The fourth-order valence-corrected chi connectivity index (χ4v) is 4.73. The van der Waals surface area contributed by atoms with Crippen LogP contribution in [0.15, 0.2) is 29.2 Å². The molecule has 3 atom stereocenters. The molecule has 1 aromatic carbocycles. The lowest BCUT2D eigenvalue weighted by Gasteiger charge is -2.26. The highest BCUT2D eigenvalue weighted by Crippen LogP contribution is 2.34. The Morgan fingerprint density at radius 1 is 1.25 bits per heavy atom. The van der Waals surface area contributed by atoms with E-state index < -0.39 is 0 Å². The molecule has 1 N–H and O–H groups in total. The van der Waals surface area contributed by atoms with Gasteiger partial charge in [-0.05, 0) is 50.4 Å². The van der Waals surface area contributed by atoms with Crippen LogP contribution >= 0.6 is 11.8 Å². The molecule has 0 amide bonds. The average molecular weight is 290 g/mol. The van der Waals surface area contributed by atoms with Crippen molar-refractivity contribution in [1.29, 1.82) is 0 Å². The largest absolute Gasteiger partial charge is 0.316 e. The first-order valence-corrected chi connectivity index (χ1v) is 8.90. The van der Waals surface area contributed by atoms with E-state index in [0.29, 0.717) is 0 Å². The van der Waals surface area contributed by atoms with Crippen LogP contribution in [-0.4, -0.2) is 42.9 Å². The minimum absolute atomic E-state index is 0.814. The zero-order chi connectivity index (χ0) is 13.9. The summed E-state index contributed by atoms with van der Waals surface area (Å²) in [6.07, 6.45) is 1.30. The summed E-state index contributed by atoms with van der Waals surface area (Å²) in [6.45, 7) is 9.53. The molecule has 2 saturated heterocycles. The van der Waals surface area contributed by atoms with Crippen molar-refractivity contribution in [3.63, 3.8) is 0 Å². The third-order valence-corrected chi connectivity index (χ3v) is 5.90. The molecule has 2 fully saturated rings. The highest BCUT2D eigenvalue weighted by molar-refractivity contribution is 7.99. The zero-order valence-electron chi connectivity index (χ0n) is 12.6. The molecule has 3 heteroatoms. The van der Waals surface area contributed by atoms with Crippen LogP contribution in [0.2, 0.25) is 0 Å². The van der Waals surface area contributed by atoms with Gasteiger partial charge in [-0.2, -0.15) is 0 Å². The Balaban J connectivity index is 1.49. The molecule has 3 rings (SSSR count). The van der Waals surface area contributed by atoms with Crippen molar-refractivity contribution in [2.75, 3.05) is 31.9 Å². The van der Waals surface area contributed by atoms with Crippen molar-refractivity contribution in [3.8, 4) is 0 Å². The van der Waals surface area contributed by atoms with Gasteiger partial charge in [0, 0.05) is 29.8 Å². The van der Waals surface area contributed by atoms with E-state index in [1.54, 1.807) is 0 Å². The van der Waals surface area contributed by atoms with Gasteiger partial charge < -0.3 is 5.32 Å². The summed E-state index contributed by atoms with van der Waals surface area (Å²) in [5.74, 6) is 3.03. The van der Waals surface area contributed by atoms with Crippen LogP contribution in [0.1, 0.15) is 18.9 Å². The fraction of sp³-hybridized carbons (Fsp3) is 0.647. The van der Waals surface area contributed by atoms with E-state index in [1.807, 2.05) is 11.8 Å². The van der Waals surface area contributed by atoms with Crippen molar-refractivity contribution in [3.05, 3.63) is 29.8 Å². The molecule has 0 saturated carbocycles. The summed E-state index contributed by atoms with van der Waals surface area (Å²) in [6, 6.07) is 9.74. The number of thioether (sulfide) groups is 1. The van der Waals surface area contributed by atoms with E-state index in [9.17, 15) is 0 Å². The molecule has 110 valence electrons. The van der Waals surface area contributed by atoms with Crippen molar-refractivity contribution in [2.24, 2.45) is 11.8 Å². The molecule has 0 aliphatic carbocycles. The van der Waals surface area contributed by atoms with Gasteiger partial charge in [-0.1, -0.05) is 24.6 Å². The Kier molecular flexibility index (Phi) is 4.69. The van der Waals surface area contributed by atoms with Crippen LogP contribution in [0.3, 0.4) is 0 Å². The van der Waals surface area contributed by atoms with Crippen LogP contribution in [0.5, 0.6) is 0 Å². The van der Waals surface area contributed by atoms with Crippen LogP contribution in [-0.2, 0) is 0 Å². The molecule has 0 bridgehead atoms. The van der Waals surface area contributed by atoms with Gasteiger partial charge in [0.1, 0.15) is 0 Å². The van der Waals surface area contributed by atoms with Crippen LogP contribution < -0.4 is 5.32 Å². The second-order valence-electron chi connectivity index (χ2n) is 6.21. The lowest BCUT2D eigenvalue weighted by molar-refractivity contribution is 0.231. The second-order valence-corrected chi connectivity index (χ2v) is 7.38. The summed E-state index contributed by atoms with van der Waals surface area (Å²) in [4.78, 5) is 4.15. The molecule has 2 aliphatic heterocycles. The number of nitrogens with one attached hydrogen (secondary N) is 1. The third kappa shape index (κ3) is 3.05. The predicted octanol–water partition coefficient (Wildman–Crippen LogP) is 3.02. The summed E-state index contributed by atoms with van der Waals surface area (Å²) < 4.78 is 0. The normalized spacial score (nSPS) is 29.8. The van der Waals surface area contributed by atoms with Gasteiger partial charge in [0.05, 0.1) is 0 Å². The molecule has 2 heterocycles. The molecule has 2 nitrogen and oxygen atoms in total. The topological polar surface area (TPSA) is 15.3 Å². The lowest BCUT2D eigenvalue weighted by Crippen LogP contribution is -2.36. The maximum Gasteiger partial charge on any atom is 0.0137 e. The third-order valence-electron chi connectivity index (χ3n) is 4.91. The molecular formula is C17H26N2S. The number of likely N-dealkylation sites (tertiary alicyclic amines) is 1. The minimum Gasteiger partial charge on any atom is -0.316 e. The van der Waals surface area contributed by atoms with Crippen molar-refractivity contribution in [2.45, 2.75) is 31.2 Å². The number of fused-ring (bicyclic) bond motifs is 1. The van der Waals surface area contributed by atoms with Crippen molar-refractivity contribution in [1.82, 2.24) is 10.2 Å². The monoisotopic (exact) mass is 290 g/mol. The van der Waals surface area contributed by atoms with E-state index in [2.05, 4.69) is 48.3 Å². The highest BCUT2D eigenvalue weighted by Gasteiger charge is 2.42. The van der Waals surface area contributed by atoms with E-state index in [4.69, 9.17) is 0 Å². The smallest absolute Gasteiger partial charge is 0.0137 e. The molecule has 2 aliphatic rings. The van der Waals surface area contributed by atoms with Gasteiger partial charge in [-0.15, -0.1) is 11.8 Å². The first-order chi connectivity index (χ1) is 9.78. The Morgan fingerprint density at radius 2 is 2.05 bits per heavy atom. The maximum absolute atomic E-state index is 3.56. The number of benzene rings is 1. The second kappa shape index (κ2) is 6.50. The Morgan fingerprint density at radius 3 is 2.80 bits per heavy atom. The van der Waals surface area contributed by atoms with Gasteiger partial charge in [-0.25, -0.2) is 0 Å². The highest BCUT2D eigenvalue weighted by atomic mass is 32.2. The Hall–Kier alpha value is -0.510. The fourth-order valence-electron chi connectivity index (χ4n) is 3.84. The number of aryl methyl sites for hydroxylation is 1. The number of hydrogen-bond donors (Lipinski definition) is 1. The van der Waals surface area contributed by atoms with Gasteiger partial charge in [0.25, 0.3) is 0 Å². The maximum atomic E-state index is 3.56. The van der Waals surface area contributed by atoms with Crippen molar-refractivity contribution < 1.29 is 0 Å². The molecule has 0 aromatic heterocycles. The van der Waals surface area contributed by atoms with E-state index in [0.717, 1.165) is 17.9 Å². The molecule has 1 aromatic rings. The SMILES string of the molecule is CCC1C2CNCC2CN1CCSc1ccc(C)cc1. The van der Waals surface area contributed by atoms with Crippen LogP contribution in [0.25, 0.3) is 0 Å². The minimum atomic E-state index is 0.814. The van der Waals surface area contributed by atoms with Crippen LogP contribution in [0, 0.1) is 18.8 Å². The van der Waals surface area contributed by atoms with Crippen molar-refractivity contribution >= 4 is 11.8 Å². The lowest BCUT2D eigenvalue weighted by atomic mass is 9.93. The Labute approximate surface area is 127 Å². The summed E-state index contributed by atoms with van der Waals surface area (Å²) >= 11 is 2.00. The van der Waals surface area contributed by atoms with Gasteiger partial charge in [0.2, 0.25) is 0 Å². The predicted molar refractivity (Wildman–Crippen MR) is 87.4 cm³/mol. The molecule has 20 heavy (non-hydrogen) atoms. The molecule has 0 spiro atoms. The number of nitrogens with zero attached hydrogens (tertiary/aromatic N) is 1. The van der Waals surface area contributed by atoms with Gasteiger partial charge in [-0.3, -0.25) is 4.90 Å². The number of hydrogen-bond acceptors (Lipinski definition) is 3. The molecule has 3 unspecified atom stereocenters. The standard InChI is InChI=1S/C17H26N2S/c1-3-17-16-11-18-10-14(16)12-19(17)8-9-20-15-6-4-13(2)5-7-15/h4-7,14,16-18H,3,8-12H2,1-2H3. The zero-order valence-corrected chi connectivity index (χ0v) is 13.5. The molecular weight excluding hydrogens is 264 g/mol. The first-order valence-electron chi connectivity index (χ1n) is 7.92. The Bertz CT molecular complexity index is 431. The van der Waals surface area contributed by atoms with Gasteiger partial charge >= 0.3 is 0 Å². The molecule has 0 radical (unpaired) electrons. The van der Waals surface area contributed by atoms with Gasteiger partial charge in [0.15, 0.2) is 0 Å².